The molecule has 0 aromatic carbocycles. The molecule has 2 heterocycles. The molecule has 0 spiro atoms. The lowest BCUT2D eigenvalue weighted by Gasteiger charge is -2.16. The average molecular weight is 524 g/mol. The van der Waals surface area contributed by atoms with Crippen molar-refractivity contribution < 1.29 is 37.1 Å². The predicted octanol–water partition coefficient (Wildman–Crippen LogP) is -0.464. The fraction of sp³-hybridized carbons (Fsp3) is 0.684. The fourth-order valence-corrected chi connectivity index (χ4v) is 4.61. The zero-order valence-electron chi connectivity index (χ0n) is 18.7. The molecule has 0 unspecified atom stereocenters. The minimum atomic E-state index is -4.77. The second-order valence-electron chi connectivity index (χ2n) is 7.78. The fourth-order valence-electron chi connectivity index (χ4n) is 3.25. The van der Waals surface area contributed by atoms with Crippen molar-refractivity contribution >= 4 is 17.8 Å². The van der Waals surface area contributed by atoms with E-state index in [0.29, 0.717) is 6.42 Å². The number of nitrogens with zero attached hydrogens (tertiary/aromatic N) is 1. The van der Waals surface area contributed by atoms with Gasteiger partial charge in [-0.3, -0.25) is 18.9 Å². The van der Waals surface area contributed by atoms with Gasteiger partial charge in [-0.15, -0.1) is 0 Å². The van der Waals surface area contributed by atoms with Gasteiger partial charge in [0.25, 0.3) is 5.56 Å². The molecule has 5 N–H and O–H groups in total. The molecule has 0 bridgehead atoms. The van der Waals surface area contributed by atoms with E-state index in [1.807, 2.05) is 0 Å². The predicted molar refractivity (Wildman–Crippen MR) is 121 cm³/mol. The normalized spacial score (nSPS) is 20.8. The van der Waals surface area contributed by atoms with Crippen molar-refractivity contribution in [3.8, 4) is 11.8 Å². The van der Waals surface area contributed by atoms with E-state index < -0.39 is 54.1 Å². The highest BCUT2D eigenvalue weighted by atomic mass is 32.2. The van der Waals surface area contributed by atoms with Crippen molar-refractivity contribution in [1.82, 2.24) is 14.3 Å². The van der Waals surface area contributed by atoms with E-state index in [4.69, 9.17) is 14.5 Å². The number of hydrogen-bond acceptors (Lipinski definition) is 8. The number of sulfonamides is 1. The summed E-state index contributed by atoms with van der Waals surface area (Å²) >= 11 is 0. The van der Waals surface area contributed by atoms with Crippen molar-refractivity contribution in [2.75, 3.05) is 18.9 Å². The third-order valence-electron chi connectivity index (χ3n) is 5.01. The van der Waals surface area contributed by atoms with Crippen molar-refractivity contribution in [1.29, 1.82) is 0 Å². The molecule has 1 aliphatic heterocycles. The summed E-state index contributed by atoms with van der Waals surface area (Å²) in [5, 5.41) is 10.0. The van der Waals surface area contributed by atoms with Gasteiger partial charge in [0.05, 0.1) is 25.0 Å². The van der Waals surface area contributed by atoms with Crippen LogP contribution in [0.2, 0.25) is 0 Å². The SMILES string of the molecule is CCCCCCCS(=O)(=O)NCC#Cc1cn([C@H]2C[C@H](O)[C@@H](COP(=O)(O)O)O2)c(=O)[nH]c1=O. The number of aromatic amines is 1. The second kappa shape index (κ2) is 12.8. The number of phosphoric ester groups is 1. The monoisotopic (exact) mass is 523 g/mol. The third kappa shape index (κ3) is 9.44. The van der Waals surface area contributed by atoms with Crippen LogP contribution < -0.4 is 16.0 Å². The number of rotatable bonds is 12. The maximum atomic E-state index is 12.2. The lowest BCUT2D eigenvalue weighted by Crippen LogP contribution is -2.34. The molecule has 1 saturated heterocycles. The van der Waals surface area contributed by atoms with Gasteiger partial charge in [0, 0.05) is 12.6 Å². The third-order valence-corrected chi connectivity index (χ3v) is 6.91. The molecule has 0 amide bonds. The van der Waals surface area contributed by atoms with Gasteiger partial charge in [-0.25, -0.2) is 22.5 Å². The number of aromatic nitrogens is 2. The maximum Gasteiger partial charge on any atom is 0.469 e. The Morgan fingerprint density at radius 2 is 2.00 bits per heavy atom. The van der Waals surface area contributed by atoms with Crippen LogP contribution in [-0.2, 0) is 23.8 Å². The van der Waals surface area contributed by atoms with E-state index in [1.54, 1.807) is 0 Å². The minimum absolute atomic E-state index is 0.0158. The van der Waals surface area contributed by atoms with Gasteiger partial charge < -0.3 is 19.6 Å². The summed E-state index contributed by atoms with van der Waals surface area (Å²) < 4.78 is 47.9. The lowest BCUT2D eigenvalue weighted by atomic mass is 10.2. The van der Waals surface area contributed by atoms with Gasteiger partial charge in [0.1, 0.15) is 17.9 Å². The quantitative estimate of drug-likeness (QED) is 0.136. The summed E-state index contributed by atoms with van der Waals surface area (Å²) in [7, 11) is -8.27. The summed E-state index contributed by atoms with van der Waals surface area (Å²) in [5.41, 5.74) is -1.76. The van der Waals surface area contributed by atoms with Gasteiger partial charge in [-0.2, -0.15) is 0 Å². The van der Waals surface area contributed by atoms with Crippen LogP contribution in [-0.4, -0.2) is 64.0 Å². The summed E-state index contributed by atoms with van der Waals surface area (Å²) in [6.07, 6.45) is 2.13. The zero-order valence-corrected chi connectivity index (χ0v) is 20.4. The maximum absolute atomic E-state index is 12.2. The summed E-state index contributed by atoms with van der Waals surface area (Å²) in [6.45, 7) is 1.24. The van der Waals surface area contributed by atoms with E-state index in [0.717, 1.165) is 36.4 Å². The molecule has 0 radical (unpaired) electrons. The zero-order chi connectivity index (χ0) is 25.4. The highest BCUT2D eigenvalue weighted by Crippen LogP contribution is 2.38. The highest BCUT2D eigenvalue weighted by Gasteiger charge is 2.37. The van der Waals surface area contributed by atoms with Crippen molar-refractivity contribution in [3.63, 3.8) is 0 Å². The molecular formula is C19H30N3O10PS. The average Bonchev–Trinajstić information content (AvgIpc) is 3.10. The van der Waals surface area contributed by atoms with Crippen LogP contribution in [0.1, 0.15) is 57.2 Å². The molecule has 13 nitrogen and oxygen atoms in total. The number of nitrogens with one attached hydrogen (secondary N) is 2. The lowest BCUT2D eigenvalue weighted by molar-refractivity contribution is -0.0451. The number of unbranched alkanes of at least 4 members (excludes halogenated alkanes) is 4. The minimum Gasteiger partial charge on any atom is -0.390 e. The first-order valence-electron chi connectivity index (χ1n) is 10.8. The Morgan fingerprint density at radius 3 is 2.68 bits per heavy atom. The van der Waals surface area contributed by atoms with Gasteiger partial charge in [-0.1, -0.05) is 44.4 Å². The van der Waals surface area contributed by atoms with E-state index in [9.17, 15) is 27.7 Å². The molecule has 34 heavy (non-hydrogen) atoms. The highest BCUT2D eigenvalue weighted by molar-refractivity contribution is 7.89. The Morgan fingerprint density at radius 1 is 1.29 bits per heavy atom. The van der Waals surface area contributed by atoms with Crippen LogP contribution >= 0.6 is 7.82 Å². The van der Waals surface area contributed by atoms with Crippen molar-refractivity contribution in [3.05, 3.63) is 32.6 Å². The molecule has 3 atom stereocenters. The first kappa shape index (κ1) is 28.4. The standard InChI is InChI=1S/C19H30N3O10PS/c1-2-3-4-5-6-10-34(29,30)20-9-7-8-14-12-22(19(25)21-18(14)24)17-11-15(23)16(32-17)13-31-33(26,27)28/h12,15-17,20,23H,2-6,9-11,13H2,1H3,(H,21,24,25)(H2,26,27,28)/t15-,16+,17+/m0/s1. The number of aliphatic hydroxyl groups is 1. The largest absolute Gasteiger partial charge is 0.469 e. The van der Waals surface area contributed by atoms with Crippen LogP contribution in [0.5, 0.6) is 0 Å². The molecule has 1 aromatic heterocycles. The van der Waals surface area contributed by atoms with Gasteiger partial charge in [-0.05, 0) is 6.42 Å². The van der Waals surface area contributed by atoms with Gasteiger partial charge in [0.15, 0.2) is 0 Å². The van der Waals surface area contributed by atoms with Crippen LogP contribution in [0.15, 0.2) is 15.8 Å². The summed E-state index contributed by atoms with van der Waals surface area (Å²) in [4.78, 5) is 43.9. The molecule has 1 aliphatic rings. The first-order valence-corrected chi connectivity index (χ1v) is 14.0. The van der Waals surface area contributed by atoms with E-state index in [-0.39, 0.29) is 24.3 Å². The van der Waals surface area contributed by atoms with E-state index in [2.05, 4.69) is 33.0 Å². The van der Waals surface area contributed by atoms with E-state index >= 15 is 0 Å². The van der Waals surface area contributed by atoms with Crippen LogP contribution in [0.25, 0.3) is 0 Å². The molecule has 15 heteroatoms. The molecule has 1 fully saturated rings. The van der Waals surface area contributed by atoms with Gasteiger partial charge >= 0.3 is 13.5 Å². The Kier molecular flexibility index (Phi) is 10.7. The molecule has 2 rings (SSSR count). The molecule has 1 aromatic rings. The summed E-state index contributed by atoms with van der Waals surface area (Å²) in [5.74, 6) is 5.01. The van der Waals surface area contributed by atoms with Crippen LogP contribution in [0.4, 0.5) is 0 Å². The number of ether oxygens (including phenoxy) is 1. The number of phosphoric acid groups is 1. The van der Waals surface area contributed by atoms with E-state index in [1.165, 1.54) is 0 Å². The molecule has 0 aliphatic carbocycles. The molecular weight excluding hydrogens is 493 g/mol. The van der Waals surface area contributed by atoms with Crippen molar-refractivity contribution in [2.45, 2.75) is 63.9 Å². The number of aliphatic hydroxyl groups excluding tert-OH is 1. The Balaban J connectivity index is 2.00. The van der Waals surface area contributed by atoms with Crippen LogP contribution in [0.3, 0.4) is 0 Å². The smallest absolute Gasteiger partial charge is 0.390 e. The van der Waals surface area contributed by atoms with Gasteiger partial charge in [0.2, 0.25) is 10.0 Å². The molecule has 0 saturated carbocycles. The number of hydrogen-bond donors (Lipinski definition) is 5. The molecule has 192 valence electrons. The Hall–Kier alpha value is -1.82. The summed E-state index contributed by atoms with van der Waals surface area (Å²) in [6, 6.07) is 0. The Bertz CT molecular complexity index is 1150. The number of H-pyrrole nitrogens is 1. The first-order chi connectivity index (χ1) is 15.9. The Labute approximate surface area is 196 Å². The topological polar surface area (TPSA) is 197 Å². The van der Waals surface area contributed by atoms with Crippen molar-refractivity contribution in [2.24, 2.45) is 0 Å². The second-order valence-corrected chi connectivity index (χ2v) is 10.9. The van der Waals surface area contributed by atoms with Crippen LogP contribution in [0, 0.1) is 11.8 Å².